The molecule has 2 aromatic rings. The fourth-order valence-electron chi connectivity index (χ4n) is 1.27. The molecule has 2 rings (SSSR count). The van der Waals surface area contributed by atoms with Gasteiger partial charge in [-0.3, -0.25) is 0 Å². The third kappa shape index (κ3) is 2.40. The molecule has 0 amide bonds. The molecule has 0 atom stereocenters. The summed E-state index contributed by atoms with van der Waals surface area (Å²) in [5.74, 6) is -0.276. The van der Waals surface area contributed by atoms with E-state index >= 15 is 0 Å². The van der Waals surface area contributed by atoms with Crippen molar-refractivity contribution in [3.05, 3.63) is 54.0 Å². The van der Waals surface area contributed by atoms with E-state index in [9.17, 15) is 4.39 Å². The first-order chi connectivity index (χ1) is 7.81. The second-order valence-electron chi connectivity index (χ2n) is 3.16. The fraction of sp³-hybridized carbons (Fsp3) is 0.0833. The summed E-state index contributed by atoms with van der Waals surface area (Å²) in [5, 5.41) is 9.75. The van der Waals surface area contributed by atoms with Crippen molar-refractivity contribution in [1.82, 2.24) is 4.98 Å². The molecule has 0 saturated carbocycles. The lowest BCUT2D eigenvalue weighted by Gasteiger charge is -2.05. The van der Waals surface area contributed by atoms with Gasteiger partial charge in [-0.1, -0.05) is 30.0 Å². The van der Waals surface area contributed by atoms with Crippen molar-refractivity contribution >= 4 is 11.8 Å². The molecule has 1 aromatic carbocycles. The SMILES string of the molecule is OCc1cccnc1Sc1ccccc1F. The van der Waals surface area contributed by atoms with Gasteiger partial charge in [-0.05, 0) is 18.2 Å². The number of nitrogens with zero attached hydrogens (tertiary/aromatic N) is 1. The van der Waals surface area contributed by atoms with Crippen LogP contribution < -0.4 is 0 Å². The summed E-state index contributed by atoms with van der Waals surface area (Å²) in [7, 11) is 0. The van der Waals surface area contributed by atoms with Crippen LogP contribution in [-0.4, -0.2) is 10.1 Å². The molecule has 0 aliphatic rings. The Morgan fingerprint density at radius 2 is 2.00 bits per heavy atom. The van der Waals surface area contributed by atoms with E-state index in [1.54, 1.807) is 36.5 Å². The average Bonchev–Trinajstić information content (AvgIpc) is 2.33. The topological polar surface area (TPSA) is 33.1 Å². The van der Waals surface area contributed by atoms with Gasteiger partial charge < -0.3 is 5.11 Å². The minimum atomic E-state index is -0.276. The molecule has 16 heavy (non-hydrogen) atoms. The van der Waals surface area contributed by atoms with E-state index in [0.717, 1.165) is 0 Å². The van der Waals surface area contributed by atoms with Crippen LogP contribution in [0.1, 0.15) is 5.56 Å². The second-order valence-corrected chi connectivity index (χ2v) is 4.19. The van der Waals surface area contributed by atoms with Gasteiger partial charge in [0.1, 0.15) is 10.8 Å². The highest BCUT2D eigenvalue weighted by atomic mass is 32.2. The Labute approximate surface area is 97.2 Å². The van der Waals surface area contributed by atoms with E-state index in [4.69, 9.17) is 5.11 Å². The highest BCUT2D eigenvalue weighted by Crippen LogP contribution is 2.30. The van der Waals surface area contributed by atoms with Crippen LogP contribution in [-0.2, 0) is 6.61 Å². The monoisotopic (exact) mass is 235 g/mol. The lowest BCUT2D eigenvalue weighted by molar-refractivity contribution is 0.278. The molecule has 0 aliphatic heterocycles. The average molecular weight is 235 g/mol. The second kappa shape index (κ2) is 5.09. The van der Waals surface area contributed by atoms with Crippen molar-refractivity contribution in [2.24, 2.45) is 0 Å². The van der Waals surface area contributed by atoms with Gasteiger partial charge in [0, 0.05) is 16.7 Å². The van der Waals surface area contributed by atoms with E-state index in [2.05, 4.69) is 4.98 Å². The summed E-state index contributed by atoms with van der Waals surface area (Å²) in [6.45, 7) is -0.0926. The number of aliphatic hydroxyl groups is 1. The van der Waals surface area contributed by atoms with Crippen LogP contribution in [0.5, 0.6) is 0 Å². The summed E-state index contributed by atoms with van der Waals surface area (Å²) in [6.07, 6.45) is 1.63. The van der Waals surface area contributed by atoms with Crippen molar-refractivity contribution < 1.29 is 9.50 Å². The Balaban J connectivity index is 2.30. The maximum absolute atomic E-state index is 13.4. The Morgan fingerprint density at radius 3 is 2.75 bits per heavy atom. The molecule has 1 N–H and O–H groups in total. The zero-order chi connectivity index (χ0) is 11.4. The molecule has 82 valence electrons. The standard InChI is InChI=1S/C12H10FNOS/c13-10-5-1-2-6-11(10)16-12-9(8-15)4-3-7-14-12/h1-7,15H,8H2. The van der Waals surface area contributed by atoms with Crippen LogP contribution in [0.15, 0.2) is 52.5 Å². The first-order valence-corrected chi connectivity index (χ1v) is 5.60. The molecule has 0 fully saturated rings. The molecular weight excluding hydrogens is 225 g/mol. The lowest BCUT2D eigenvalue weighted by atomic mass is 10.3. The number of rotatable bonds is 3. The van der Waals surface area contributed by atoms with Gasteiger partial charge in [0.25, 0.3) is 0 Å². The van der Waals surface area contributed by atoms with Gasteiger partial charge in [-0.15, -0.1) is 0 Å². The molecule has 0 spiro atoms. The fourth-order valence-corrected chi connectivity index (χ4v) is 2.17. The molecular formula is C12H10FNOS. The predicted molar refractivity (Wildman–Crippen MR) is 60.7 cm³/mol. The van der Waals surface area contributed by atoms with Crippen molar-refractivity contribution in [3.8, 4) is 0 Å². The Morgan fingerprint density at radius 1 is 1.19 bits per heavy atom. The number of aliphatic hydroxyl groups excluding tert-OH is 1. The number of halogens is 1. The first-order valence-electron chi connectivity index (χ1n) is 4.78. The first kappa shape index (κ1) is 11.1. The van der Waals surface area contributed by atoms with Gasteiger partial charge in [0.05, 0.1) is 6.61 Å². The van der Waals surface area contributed by atoms with E-state index in [1.165, 1.54) is 17.8 Å². The van der Waals surface area contributed by atoms with Crippen LogP contribution in [0.2, 0.25) is 0 Å². The van der Waals surface area contributed by atoms with Crippen molar-refractivity contribution in [2.45, 2.75) is 16.5 Å². The number of benzene rings is 1. The number of aromatic nitrogens is 1. The van der Waals surface area contributed by atoms with Crippen molar-refractivity contribution in [2.75, 3.05) is 0 Å². The minimum absolute atomic E-state index is 0.0926. The zero-order valence-corrected chi connectivity index (χ0v) is 9.25. The summed E-state index contributed by atoms with van der Waals surface area (Å²) in [6, 6.07) is 10.0. The molecule has 1 aromatic heterocycles. The summed E-state index contributed by atoms with van der Waals surface area (Å²) >= 11 is 1.22. The van der Waals surface area contributed by atoms with Crippen molar-refractivity contribution in [3.63, 3.8) is 0 Å². The highest BCUT2D eigenvalue weighted by molar-refractivity contribution is 7.99. The molecule has 4 heteroatoms. The minimum Gasteiger partial charge on any atom is -0.392 e. The summed E-state index contributed by atoms with van der Waals surface area (Å²) in [4.78, 5) is 4.63. The van der Waals surface area contributed by atoms with E-state index in [-0.39, 0.29) is 12.4 Å². The smallest absolute Gasteiger partial charge is 0.137 e. The molecule has 0 aliphatic carbocycles. The number of pyridine rings is 1. The molecule has 0 unspecified atom stereocenters. The largest absolute Gasteiger partial charge is 0.392 e. The molecule has 1 heterocycles. The van der Waals surface area contributed by atoms with Crippen LogP contribution in [0.4, 0.5) is 4.39 Å². The van der Waals surface area contributed by atoms with Crippen LogP contribution in [0.25, 0.3) is 0 Å². The van der Waals surface area contributed by atoms with E-state index < -0.39 is 0 Å². The van der Waals surface area contributed by atoms with Crippen LogP contribution >= 0.6 is 11.8 Å². The Bertz CT molecular complexity index is 490. The Kier molecular flexibility index (Phi) is 3.54. The summed E-state index contributed by atoms with van der Waals surface area (Å²) < 4.78 is 13.4. The lowest BCUT2D eigenvalue weighted by Crippen LogP contribution is -1.91. The third-order valence-electron chi connectivity index (χ3n) is 2.06. The molecule has 0 saturated heterocycles. The summed E-state index contributed by atoms with van der Waals surface area (Å²) in [5.41, 5.74) is 0.704. The maximum atomic E-state index is 13.4. The van der Waals surface area contributed by atoms with Crippen LogP contribution in [0.3, 0.4) is 0 Å². The van der Waals surface area contributed by atoms with Gasteiger partial charge in [-0.2, -0.15) is 0 Å². The number of hydrogen-bond acceptors (Lipinski definition) is 3. The quantitative estimate of drug-likeness (QED) is 0.888. The van der Waals surface area contributed by atoms with Crippen LogP contribution in [0, 0.1) is 5.82 Å². The predicted octanol–water partition coefficient (Wildman–Crippen LogP) is 2.86. The van der Waals surface area contributed by atoms with Crippen molar-refractivity contribution in [1.29, 1.82) is 0 Å². The molecule has 0 bridgehead atoms. The maximum Gasteiger partial charge on any atom is 0.137 e. The van der Waals surface area contributed by atoms with E-state index in [0.29, 0.717) is 15.5 Å². The van der Waals surface area contributed by atoms with Gasteiger partial charge in [-0.25, -0.2) is 9.37 Å². The third-order valence-corrected chi connectivity index (χ3v) is 3.18. The van der Waals surface area contributed by atoms with Gasteiger partial charge >= 0.3 is 0 Å². The van der Waals surface area contributed by atoms with Gasteiger partial charge in [0.2, 0.25) is 0 Å². The van der Waals surface area contributed by atoms with E-state index in [1.807, 2.05) is 0 Å². The molecule has 0 radical (unpaired) electrons. The molecule has 2 nitrogen and oxygen atoms in total. The van der Waals surface area contributed by atoms with Gasteiger partial charge in [0.15, 0.2) is 0 Å². The Hall–Kier alpha value is -1.39. The number of hydrogen-bond donors (Lipinski definition) is 1. The highest BCUT2D eigenvalue weighted by Gasteiger charge is 2.07. The zero-order valence-electron chi connectivity index (χ0n) is 8.43. The normalized spacial score (nSPS) is 10.4.